The molecule has 0 aromatic heterocycles. The first-order valence-electron chi connectivity index (χ1n) is 5.50. The highest BCUT2D eigenvalue weighted by Gasteiger charge is 2.41. The maximum absolute atomic E-state index is 11.7. The Morgan fingerprint density at radius 2 is 2.07 bits per heavy atom. The van der Waals surface area contributed by atoms with Gasteiger partial charge in [0.25, 0.3) is 0 Å². The average molecular weight is 214 g/mol. The molecule has 2 N–H and O–H groups in total. The SMILES string of the molecule is CCOC(=O)N1C2COCC1CC(N)C2. The predicted octanol–water partition coefficient (Wildman–Crippen LogP) is 0.333. The van der Waals surface area contributed by atoms with E-state index in [1.54, 1.807) is 0 Å². The summed E-state index contributed by atoms with van der Waals surface area (Å²) in [6, 6.07) is 0.396. The maximum atomic E-state index is 11.7. The Kier molecular flexibility index (Phi) is 3.11. The molecular formula is C10H18N2O3. The van der Waals surface area contributed by atoms with E-state index >= 15 is 0 Å². The molecule has 0 spiro atoms. The maximum Gasteiger partial charge on any atom is 0.410 e. The van der Waals surface area contributed by atoms with Gasteiger partial charge in [-0.1, -0.05) is 0 Å². The minimum absolute atomic E-state index is 0.103. The van der Waals surface area contributed by atoms with Gasteiger partial charge in [-0.05, 0) is 19.8 Å². The molecule has 0 aromatic carbocycles. The zero-order valence-corrected chi connectivity index (χ0v) is 9.02. The largest absolute Gasteiger partial charge is 0.450 e. The molecule has 5 heteroatoms. The van der Waals surface area contributed by atoms with Gasteiger partial charge in [0.1, 0.15) is 0 Å². The van der Waals surface area contributed by atoms with E-state index in [1.807, 2.05) is 11.8 Å². The lowest BCUT2D eigenvalue weighted by Crippen LogP contribution is -2.61. The Labute approximate surface area is 89.5 Å². The van der Waals surface area contributed by atoms with Crippen molar-refractivity contribution in [2.24, 2.45) is 5.73 Å². The number of carbonyl (C=O) groups excluding carboxylic acids is 1. The number of ether oxygens (including phenoxy) is 2. The highest BCUT2D eigenvalue weighted by molar-refractivity contribution is 5.69. The average Bonchev–Trinajstić information content (AvgIpc) is 2.16. The van der Waals surface area contributed by atoms with E-state index in [1.165, 1.54) is 0 Å². The number of morpholine rings is 1. The van der Waals surface area contributed by atoms with Gasteiger partial charge in [-0.15, -0.1) is 0 Å². The van der Waals surface area contributed by atoms with Crippen LogP contribution >= 0.6 is 0 Å². The second-order valence-corrected chi connectivity index (χ2v) is 4.18. The molecule has 2 heterocycles. The van der Waals surface area contributed by atoms with E-state index in [9.17, 15) is 4.79 Å². The number of rotatable bonds is 1. The third-order valence-electron chi connectivity index (χ3n) is 3.04. The Hall–Kier alpha value is -0.810. The van der Waals surface area contributed by atoms with Crippen molar-refractivity contribution in [1.82, 2.24) is 4.90 Å². The molecule has 0 aliphatic carbocycles. The van der Waals surface area contributed by atoms with Gasteiger partial charge < -0.3 is 15.2 Å². The number of carbonyl (C=O) groups is 1. The first-order chi connectivity index (χ1) is 7.22. The van der Waals surface area contributed by atoms with Crippen LogP contribution in [-0.4, -0.2) is 48.9 Å². The summed E-state index contributed by atoms with van der Waals surface area (Å²) in [5.74, 6) is 0. The molecule has 0 radical (unpaired) electrons. The zero-order valence-electron chi connectivity index (χ0n) is 9.02. The standard InChI is InChI=1S/C10H18N2O3/c1-2-15-10(13)12-8-3-7(11)4-9(12)6-14-5-8/h7-9H,2-6,11H2,1H3. The monoisotopic (exact) mass is 214 g/mol. The zero-order chi connectivity index (χ0) is 10.8. The van der Waals surface area contributed by atoms with E-state index in [4.69, 9.17) is 15.2 Å². The van der Waals surface area contributed by atoms with Crippen molar-refractivity contribution in [3.05, 3.63) is 0 Å². The summed E-state index contributed by atoms with van der Waals surface area (Å²) in [5.41, 5.74) is 5.93. The molecule has 2 aliphatic rings. The molecule has 1 amide bonds. The lowest BCUT2D eigenvalue weighted by Gasteiger charge is -2.46. The van der Waals surface area contributed by atoms with Crippen LogP contribution in [0.1, 0.15) is 19.8 Å². The van der Waals surface area contributed by atoms with Crippen LogP contribution in [0.4, 0.5) is 4.79 Å². The molecular weight excluding hydrogens is 196 g/mol. The smallest absolute Gasteiger partial charge is 0.410 e. The predicted molar refractivity (Wildman–Crippen MR) is 54.5 cm³/mol. The molecule has 15 heavy (non-hydrogen) atoms. The lowest BCUT2D eigenvalue weighted by atomic mass is 9.91. The molecule has 0 aromatic rings. The molecule has 2 fully saturated rings. The summed E-state index contributed by atoms with van der Waals surface area (Å²) in [4.78, 5) is 13.5. The third kappa shape index (κ3) is 2.08. The summed E-state index contributed by atoms with van der Waals surface area (Å²) >= 11 is 0. The van der Waals surface area contributed by atoms with Gasteiger partial charge in [0, 0.05) is 6.04 Å². The highest BCUT2D eigenvalue weighted by atomic mass is 16.6. The molecule has 2 atom stereocenters. The van der Waals surface area contributed by atoms with Crippen molar-refractivity contribution in [2.75, 3.05) is 19.8 Å². The van der Waals surface area contributed by atoms with Gasteiger partial charge in [-0.25, -0.2) is 4.79 Å². The number of nitrogens with two attached hydrogens (primary N) is 1. The Morgan fingerprint density at radius 1 is 1.47 bits per heavy atom. The molecule has 2 bridgehead atoms. The van der Waals surface area contributed by atoms with E-state index in [2.05, 4.69) is 0 Å². The number of fused-ring (bicyclic) bond motifs is 2. The second-order valence-electron chi connectivity index (χ2n) is 4.18. The van der Waals surface area contributed by atoms with Crippen molar-refractivity contribution in [1.29, 1.82) is 0 Å². The number of amides is 1. The quantitative estimate of drug-likeness (QED) is 0.683. The Bertz CT molecular complexity index is 233. The second kappa shape index (κ2) is 4.37. The normalized spacial score (nSPS) is 35.1. The van der Waals surface area contributed by atoms with Crippen LogP contribution in [-0.2, 0) is 9.47 Å². The highest BCUT2D eigenvalue weighted by Crippen LogP contribution is 2.27. The summed E-state index contributed by atoms with van der Waals surface area (Å²) < 4.78 is 10.5. The van der Waals surface area contributed by atoms with Gasteiger partial charge >= 0.3 is 6.09 Å². The van der Waals surface area contributed by atoms with Gasteiger partial charge in [-0.3, -0.25) is 4.90 Å². The van der Waals surface area contributed by atoms with Crippen molar-refractivity contribution in [3.8, 4) is 0 Å². The molecule has 86 valence electrons. The lowest BCUT2D eigenvalue weighted by molar-refractivity contribution is -0.0687. The van der Waals surface area contributed by atoms with Crippen LogP contribution < -0.4 is 5.73 Å². The van der Waals surface area contributed by atoms with Crippen molar-refractivity contribution >= 4 is 6.09 Å². The molecule has 2 aliphatic heterocycles. The minimum Gasteiger partial charge on any atom is -0.450 e. The number of nitrogens with zero attached hydrogens (tertiary/aromatic N) is 1. The molecule has 0 saturated carbocycles. The van der Waals surface area contributed by atoms with E-state index < -0.39 is 0 Å². The fourth-order valence-corrected chi connectivity index (χ4v) is 2.45. The van der Waals surface area contributed by atoms with Crippen LogP contribution in [0.2, 0.25) is 0 Å². The molecule has 2 unspecified atom stereocenters. The number of piperidine rings is 1. The van der Waals surface area contributed by atoms with Crippen molar-refractivity contribution in [3.63, 3.8) is 0 Å². The van der Waals surface area contributed by atoms with E-state index in [0.29, 0.717) is 19.8 Å². The summed E-state index contributed by atoms with van der Waals surface area (Å²) in [5, 5.41) is 0. The van der Waals surface area contributed by atoms with E-state index in [-0.39, 0.29) is 24.2 Å². The van der Waals surface area contributed by atoms with Gasteiger partial charge in [0.05, 0.1) is 31.9 Å². The summed E-state index contributed by atoms with van der Waals surface area (Å²) in [7, 11) is 0. The van der Waals surface area contributed by atoms with Gasteiger partial charge in [0.2, 0.25) is 0 Å². The first-order valence-corrected chi connectivity index (χ1v) is 5.50. The van der Waals surface area contributed by atoms with Crippen LogP contribution in [0.3, 0.4) is 0 Å². The van der Waals surface area contributed by atoms with E-state index in [0.717, 1.165) is 12.8 Å². The van der Waals surface area contributed by atoms with Crippen LogP contribution in [0.15, 0.2) is 0 Å². The van der Waals surface area contributed by atoms with Crippen LogP contribution in [0.25, 0.3) is 0 Å². The minimum atomic E-state index is -0.220. The molecule has 2 rings (SSSR count). The Morgan fingerprint density at radius 3 is 2.60 bits per heavy atom. The van der Waals surface area contributed by atoms with Crippen molar-refractivity contribution < 1.29 is 14.3 Å². The fraction of sp³-hybridized carbons (Fsp3) is 0.900. The number of hydrogen-bond acceptors (Lipinski definition) is 4. The first kappa shape index (κ1) is 10.7. The van der Waals surface area contributed by atoms with Gasteiger partial charge in [0.15, 0.2) is 0 Å². The number of hydrogen-bond donors (Lipinski definition) is 1. The van der Waals surface area contributed by atoms with Crippen LogP contribution in [0.5, 0.6) is 0 Å². The third-order valence-corrected chi connectivity index (χ3v) is 3.04. The molecule has 5 nitrogen and oxygen atoms in total. The topological polar surface area (TPSA) is 64.8 Å². The fourth-order valence-electron chi connectivity index (χ4n) is 2.45. The summed E-state index contributed by atoms with van der Waals surface area (Å²) in [6.07, 6.45) is 1.41. The Balaban J connectivity index is 2.07. The van der Waals surface area contributed by atoms with Gasteiger partial charge in [-0.2, -0.15) is 0 Å². The summed E-state index contributed by atoms with van der Waals surface area (Å²) in [6.45, 7) is 3.41. The van der Waals surface area contributed by atoms with Crippen molar-refractivity contribution in [2.45, 2.75) is 37.9 Å². The molecule has 2 saturated heterocycles. The van der Waals surface area contributed by atoms with Crippen LogP contribution in [0, 0.1) is 0 Å².